The molecule has 4 rings (SSSR count). The molecular weight excluding hydrogens is 410 g/mol. The number of allylic oxidation sites excluding steroid dienone is 1. The van der Waals surface area contributed by atoms with E-state index >= 15 is 0 Å². The fraction of sp³-hybridized carbons (Fsp3) is 0.143. The summed E-state index contributed by atoms with van der Waals surface area (Å²) in [6.07, 6.45) is 5.56. The molecule has 166 valence electrons. The summed E-state index contributed by atoms with van der Waals surface area (Å²) in [5.41, 5.74) is 8.49. The summed E-state index contributed by atoms with van der Waals surface area (Å²) < 4.78 is 8.22. The highest BCUT2D eigenvalue weighted by molar-refractivity contribution is 5.47. The molecule has 0 unspecified atom stereocenters. The van der Waals surface area contributed by atoms with E-state index in [1.54, 1.807) is 6.20 Å². The van der Waals surface area contributed by atoms with Crippen LogP contribution in [0.4, 0.5) is 5.82 Å². The smallest absolute Gasteiger partial charge is 0.349 e. The van der Waals surface area contributed by atoms with Crippen LogP contribution in [0, 0.1) is 6.92 Å². The van der Waals surface area contributed by atoms with Crippen molar-refractivity contribution in [2.75, 3.05) is 12.3 Å². The lowest BCUT2D eigenvalue weighted by atomic mass is 9.80. The minimum absolute atomic E-state index is 0.266. The van der Waals surface area contributed by atoms with Crippen LogP contribution in [0.2, 0.25) is 0 Å². The lowest BCUT2D eigenvalue weighted by Crippen LogP contribution is -2.33. The van der Waals surface area contributed by atoms with Gasteiger partial charge in [0.15, 0.2) is 0 Å². The van der Waals surface area contributed by atoms with Gasteiger partial charge in [0.2, 0.25) is 0 Å². The molecule has 0 aliphatic carbocycles. The molecule has 5 heteroatoms. The molecule has 0 saturated heterocycles. The van der Waals surface area contributed by atoms with E-state index in [2.05, 4.69) is 41.4 Å². The lowest BCUT2D eigenvalue weighted by molar-refractivity contribution is 0.0318. The van der Waals surface area contributed by atoms with Crippen LogP contribution in [0.5, 0.6) is 0 Å². The van der Waals surface area contributed by atoms with Crippen LogP contribution in [0.3, 0.4) is 0 Å². The summed E-state index contributed by atoms with van der Waals surface area (Å²) >= 11 is 0. The number of ether oxygens (including phenoxy) is 1. The number of aryl methyl sites for hydroxylation is 1. The maximum atomic E-state index is 12.1. The van der Waals surface area contributed by atoms with Crippen LogP contribution in [0.1, 0.15) is 22.3 Å². The monoisotopic (exact) mass is 437 g/mol. The molecule has 0 amide bonds. The van der Waals surface area contributed by atoms with Gasteiger partial charge in [0, 0.05) is 18.3 Å². The van der Waals surface area contributed by atoms with Crippen molar-refractivity contribution in [1.29, 1.82) is 0 Å². The highest BCUT2D eigenvalue weighted by Gasteiger charge is 2.37. The van der Waals surface area contributed by atoms with Gasteiger partial charge in [0.25, 0.3) is 0 Å². The number of nitrogen functional groups attached to an aromatic ring is 1. The van der Waals surface area contributed by atoms with E-state index in [9.17, 15) is 4.79 Å². The van der Waals surface area contributed by atoms with Crippen molar-refractivity contribution in [2.24, 2.45) is 0 Å². The quantitative estimate of drug-likeness (QED) is 0.320. The molecule has 0 fully saturated rings. The van der Waals surface area contributed by atoms with Crippen molar-refractivity contribution in [3.63, 3.8) is 0 Å². The molecule has 33 heavy (non-hydrogen) atoms. The first kappa shape index (κ1) is 22.2. The molecular formula is C28H27N3O2. The van der Waals surface area contributed by atoms with E-state index in [4.69, 9.17) is 10.5 Å². The van der Waals surface area contributed by atoms with Crippen molar-refractivity contribution in [1.82, 2.24) is 9.55 Å². The normalized spacial score (nSPS) is 11.7. The van der Waals surface area contributed by atoms with Gasteiger partial charge in [-0.25, -0.2) is 4.79 Å². The number of hydrogen-bond donors (Lipinski definition) is 1. The summed E-state index contributed by atoms with van der Waals surface area (Å²) in [6, 6.07) is 30.7. The van der Waals surface area contributed by atoms with Crippen molar-refractivity contribution >= 4 is 5.82 Å². The molecule has 0 aliphatic heterocycles. The van der Waals surface area contributed by atoms with Gasteiger partial charge in [-0.05, 0) is 23.6 Å². The van der Waals surface area contributed by atoms with Gasteiger partial charge in [0.05, 0.1) is 6.61 Å². The Kier molecular flexibility index (Phi) is 6.81. The van der Waals surface area contributed by atoms with E-state index in [0.717, 1.165) is 22.3 Å². The topological polar surface area (TPSA) is 70.1 Å². The molecule has 0 spiro atoms. The molecule has 1 aromatic heterocycles. The zero-order chi connectivity index (χ0) is 23.1. The number of nitrogens with two attached hydrogens (primary N) is 1. The third-order valence-corrected chi connectivity index (χ3v) is 5.62. The van der Waals surface area contributed by atoms with Crippen molar-refractivity contribution in [3.8, 4) is 0 Å². The van der Waals surface area contributed by atoms with E-state index in [0.29, 0.717) is 13.2 Å². The number of nitrogens with zero attached hydrogens (tertiary/aromatic N) is 2. The van der Waals surface area contributed by atoms with Gasteiger partial charge in [-0.3, -0.25) is 4.57 Å². The van der Waals surface area contributed by atoms with Crippen LogP contribution in [-0.2, 0) is 16.9 Å². The Hall–Kier alpha value is -3.96. The summed E-state index contributed by atoms with van der Waals surface area (Å²) in [6.45, 7) is 2.58. The predicted octanol–water partition coefficient (Wildman–Crippen LogP) is 4.70. The summed E-state index contributed by atoms with van der Waals surface area (Å²) in [5.74, 6) is 0.266. The second-order valence-corrected chi connectivity index (χ2v) is 7.81. The lowest BCUT2D eigenvalue weighted by Gasteiger charge is -2.35. The first-order valence-corrected chi connectivity index (χ1v) is 10.9. The maximum Gasteiger partial charge on any atom is 0.349 e. The molecule has 1 heterocycles. The number of hydrogen-bond acceptors (Lipinski definition) is 4. The molecule has 2 N–H and O–H groups in total. The van der Waals surface area contributed by atoms with Gasteiger partial charge in [-0.15, -0.1) is 0 Å². The number of anilines is 1. The van der Waals surface area contributed by atoms with Gasteiger partial charge in [0.1, 0.15) is 11.4 Å². The summed E-state index contributed by atoms with van der Waals surface area (Å²) in [4.78, 5) is 15.9. The SMILES string of the molecule is Cc1cn(C/C=C\COC(c2ccccc2)(c2ccccc2)c2ccccc2)c(=O)nc1N. The second kappa shape index (κ2) is 10.1. The fourth-order valence-corrected chi connectivity index (χ4v) is 3.94. The largest absolute Gasteiger partial charge is 0.383 e. The highest BCUT2D eigenvalue weighted by atomic mass is 16.5. The van der Waals surface area contributed by atoms with Crippen LogP contribution in [0.15, 0.2) is 114 Å². The molecule has 0 atom stereocenters. The Morgan fingerprint density at radius 2 is 1.33 bits per heavy atom. The van der Waals surface area contributed by atoms with Gasteiger partial charge in [-0.2, -0.15) is 4.98 Å². The number of rotatable bonds is 8. The first-order chi connectivity index (χ1) is 16.1. The second-order valence-electron chi connectivity index (χ2n) is 7.81. The molecule has 0 saturated carbocycles. The summed E-state index contributed by atoms with van der Waals surface area (Å²) in [7, 11) is 0. The van der Waals surface area contributed by atoms with Crippen LogP contribution in [-0.4, -0.2) is 16.2 Å². The van der Waals surface area contributed by atoms with E-state index in [1.807, 2.05) is 73.7 Å². The third kappa shape index (κ3) is 4.78. The Bertz CT molecular complexity index is 1170. The Labute approximate surface area is 193 Å². The summed E-state index contributed by atoms with van der Waals surface area (Å²) in [5, 5.41) is 0. The van der Waals surface area contributed by atoms with Gasteiger partial charge < -0.3 is 10.5 Å². The van der Waals surface area contributed by atoms with Crippen LogP contribution >= 0.6 is 0 Å². The van der Waals surface area contributed by atoms with Crippen molar-refractivity contribution in [2.45, 2.75) is 19.1 Å². The number of aromatic nitrogens is 2. The minimum Gasteiger partial charge on any atom is -0.383 e. The fourth-order valence-electron chi connectivity index (χ4n) is 3.94. The third-order valence-electron chi connectivity index (χ3n) is 5.62. The highest BCUT2D eigenvalue weighted by Crippen LogP contribution is 2.40. The Morgan fingerprint density at radius 3 is 1.82 bits per heavy atom. The molecule has 4 aromatic rings. The maximum absolute atomic E-state index is 12.1. The molecule has 0 aliphatic rings. The van der Waals surface area contributed by atoms with E-state index in [1.165, 1.54) is 4.57 Å². The average molecular weight is 438 g/mol. The predicted molar refractivity (Wildman–Crippen MR) is 132 cm³/mol. The molecule has 3 aromatic carbocycles. The van der Waals surface area contributed by atoms with Crippen molar-refractivity contribution in [3.05, 3.63) is 142 Å². The Morgan fingerprint density at radius 1 is 0.848 bits per heavy atom. The number of benzene rings is 3. The standard InChI is InChI=1S/C28H27N3O2/c1-22-21-31(27(32)30-26(22)29)19-11-12-20-33-28(23-13-5-2-6-14-23,24-15-7-3-8-16-24)25-17-9-4-10-18-25/h2-18,21H,19-20H2,1H3,(H2,29,30,32)/b12-11-. The van der Waals surface area contributed by atoms with Crippen molar-refractivity contribution < 1.29 is 4.74 Å². The minimum atomic E-state index is -0.774. The van der Waals surface area contributed by atoms with Gasteiger partial charge >= 0.3 is 5.69 Å². The van der Waals surface area contributed by atoms with Gasteiger partial charge in [-0.1, -0.05) is 103 Å². The van der Waals surface area contributed by atoms with Crippen LogP contribution in [0.25, 0.3) is 0 Å². The van der Waals surface area contributed by atoms with E-state index in [-0.39, 0.29) is 11.5 Å². The molecule has 0 bridgehead atoms. The zero-order valence-electron chi connectivity index (χ0n) is 18.6. The van der Waals surface area contributed by atoms with E-state index < -0.39 is 5.60 Å². The average Bonchev–Trinajstić information content (AvgIpc) is 2.86. The Balaban J connectivity index is 1.65. The first-order valence-electron chi connectivity index (χ1n) is 10.9. The van der Waals surface area contributed by atoms with Crippen LogP contribution < -0.4 is 11.4 Å². The molecule has 0 radical (unpaired) electrons. The molecule has 5 nitrogen and oxygen atoms in total. The zero-order valence-corrected chi connectivity index (χ0v) is 18.6.